The van der Waals surface area contributed by atoms with Crippen molar-refractivity contribution in [2.24, 2.45) is 0 Å². The molecule has 0 aliphatic heterocycles. The third-order valence-corrected chi connectivity index (χ3v) is 9.38. The monoisotopic (exact) mass is 728 g/mol. The van der Waals surface area contributed by atoms with Gasteiger partial charge in [-0.25, -0.2) is 4.98 Å². The fourth-order valence-corrected chi connectivity index (χ4v) is 6.80. The first-order valence-corrected chi connectivity index (χ1v) is 18.1. The lowest BCUT2D eigenvalue weighted by Crippen LogP contribution is -2.23. The molecule has 0 bridgehead atoms. The number of hydrogen-bond acceptors (Lipinski definition) is 8. The quantitative estimate of drug-likeness (QED) is 0.129. The molecular formula is C48H32N4O4. The average Bonchev–Trinajstić information content (AvgIpc) is 3.26. The SMILES string of the molecule is O=C1C(=O)c2c(Oc3ccc(N(c4ccccc4)c4ccccc4)cc3)ccnc2-c2nc(Oc3ccc(N(c4ccccc4)c4ccccc4)cc3)ccc21. The highest BCUT2D eigenvalue weighted by Gasteiger charge is 2.36. The zero-order valence-electron chi connectivity index (χ0n) is 29.9. The van der Waals surface area contributed by atoms with Crippen LogP contribution in [0.15, 0.2) is 194 Å². The summed E-state index contributed by atoms with van der Waals surface area (Å²) in [5, 5.41) is 0. The van der Waals surface area contributed by atoms with E-state index in [-0.39, 0.29) is 34.1 Å². The second kappa shape index (κ2) is 14.9. The van der Waals surface area contributed by atoms with Crippen LogP contribution >= 0.6 is 0 Å². The van der Waals surface area contributed by atoms with Crippen LogP contribution in [0.5, 0.6) is 23.1 Å². The first kappa shape index (κ1) is 34.0. The van der Waals surface area contributed by atoms with Gasteiger partial charge in [0.2, 0.25) is 17.4 Å². The first-order valence-electron chi connectivity index (χ1n) is 18.1. The summed E-state index contributed by atoms with van der Waals surface area (Å²) in [4.78, 5) is 40.5. The molecular weight excluding hydrogens is 697 g/mol. The number of ketones is 2. The van der Waals surface area contributed by atoms with Crippen LogP contribution in [0, 0.1) is 0 Å². The lowest BCUT2D eigenvalue weighted by molar-refractivity contribution is 0.0813. The van der Waals surface area contributed by atoms with Crippen LogP contribution in [-0.4, -0.2) is 21.5 Å². The number of anilines is 6. The van der Waals surface area contributed by atoms with Crippen LogP contribution < -0.4 is 19.3 Å². The Labute approximate surface area is 323 Å². The number of benzene rings is 6. The van der Waals surface area contributed by atoms with Crippen molar-refractivity contribution in [1.29, 1.82) is 0 Å². The third-order valence-electron chi connectivity index (χ3n) is 9.38. The molecule has 2 aromatic heterocycles. The Morgan fingerprint density at radius 3 is 1.29 bits per heavy atom. The Morgan fingerprint density at radius 1 is 0.393 bits per heavy atom. The molecule has 2 heterocycles. The number of carbonyl (C=O) groups excluding carboxylic acids is 2. The van der Waals surface area contributed by atoms with Gasteiger partial charge in [0.25, 0.3) is 0 Å². The highest BCUT2D eigenvalue weighted by Crippen LogP contribution is 2.41. The van der Waals surface area contributed by atoms with E-state index >= 15 is 0 Å². The van der Waals surface area contributed by atoms with E-state index in [2.05, 4.69) is 39.0 Å². The predicted molar refractivity (Wildman–Crippen MR) is 219 cm³/mol. The molecule has 0 saturated carbocycles. The summed E-state index contributed by atoms with van der Waals surface area (Å²) in [7, 11) is 0. The Kier molecular flexibility index (Phi) is 9.03. The molecule has 8 heteroatoms. The van der Waals surface area contributed by atoms with Gasteiger partial charge in [-0.1, -0.05) is 72.8 Å². The molecule has 1 aliphatic carbocycles. The number of hydrogen-bond donors (Lipinski definition) is 0. The Hall–Kier alpha value is -7.84. The fraction of sp³-hybridized carbons (Fsp3) is 0. The summed E-state index contributed by atoms with van der Waals surface area (Å²) in [6.07, 6.45) is 1.54. The van der Waals surface area contributed by atoms with E-state index in [4.69, 9.17) is 14.5 Å². The second-order valence-electron chi connectivity index (χ2n) is 12.9. The molecule has 6 aromatic carbocycles. The molecule has 8 nitrogen and oxygen atoms in total. The summed E-state index contributed by atoms with van der Waals surface area (Å²) in [6.45, 7) is 0. The zero-order chi connectivity index (χ0) is 37.8. The number of pyridine rings is 2. The van der Waals surface area contributed by atoms with E-state index < -0.39 is 11.6 Å². The maximum absolute atomic E-state index is 13.6. The molecule has 0 atom stereocenters. The van der Waals surface area contributed by atoms with Crippen molar-refractivity contribution in [3.05, 3.63) is 205 Å². The normalized spacial score (nSPS) is 11.6. The van der Waals surface area contributed by atoms with E-state index in [1.807, 2.05) is 146 Å². The first-order chi connectivity index (χ1) is 27.6. The number of rotatable bonds is 10. The van der Waals surface area contributed by atoms with Crippen molar-refractivity contribution in [3.63, 3.8) is 0 Å². The van der Waals surface area contributed by atoms with Crippen molar-refractivity contribution in [2.45, 2.75) is 0 Å². The van der Waals surface area contributed by atoms with Crippen LogP contribution in [0.3, 0.4) is 0 Å². The minimum absolute atomic E-state index is 0.0557. The van der Waals surface area contributed by atoms with Crippen molar-refractivity contribution in [2.75, 3.05) is 9.80 Å². The van der Waals surface area contributed by atoms with E-state index in [9.17, 15) is 9.59 Å². The van der Waals surface area contributed by atoms with Crippen LogP contribution in [0.25, 0.3) is 11.4 Å². The maximum atomic E-state index is 13.6. The van der Waals surface area contributed by atoms with Gasteiger partial charge in [-0.2, -0.15) is 0 Å². The maximum Gasteiger partial charge on any atom is 0.239 e. The number of carbonyl (C=O) groups is 2. The van der Waals surface area contributed by atoms with Gasteiger partial charge in [0.05, 0.1) is 11.1 Å². The van der Waals surface area contributed by atoms with Gasteiger partial charge in [-0.05, 0) is 109 Å². The van der Waals surface area contributed by atoms with Crippen molar-refractivity contribution in [3.8, 4) is 34.5 Å². The Morgan fingerprint density at radius 2 is 0.821 bits per heavy atom. The second-order valence-corrected chi connectivity index (χ2v) is 12.9. The van der Waals surface area contributed by atoms with Gasteiger partial charge in [-0.15, -0.1) is 0 Å². The van der Waals surface area contributed by atoms with E-state index in [1.54, 1.807) is 24.4 Å². The summed E-state index contributed by atoms with van der Waals surface area (Å²) in [6, 6.07) is 60.4. The van der Waals surface area contributed by atoms with E-state index in [1.165, 1.54) is 0 Å². The largest absolute Gasteiger partial charge is 0.456 e. The van der Waals surface area contributed by atoms with E-state index in [0.717, 1.165) is 34.1 Å². The summed E-state index contributed by atoms with van der Waals surface area (Å²) in [5.74, 6) is 0.0945. The Bertz CT molecular complexity index is 2580. The van der Waals surface area contributed by atoms with Crippen molar-refractivity contribution >= 4 is 45.7 Å². The van der Waals surface area contributed by atoms with Crippen molar-refractivity contribution < 1.29 is 19.1 Å². The van der Waals surface area contributed by atoms with Gasteiger partial charge in [-0.3, -0.25) is 14.6 Å². The van der Waals surface area contributed by atoms with Crippen LogP contribution in [0.2, 0.25) is 0 Å². The highest BCUT2D eigenvalue weighted by molar-refractivity contribution is 6.53. The number of aromatic nitrogens is 2. The molecule has 268 valence electrons. The minimum Gasteiger partial charge on any atom is -0.456 e. The van der Waals surface area contributed by atoms with Gasteiger partial charge in [0, 0.05) is 46.4 Å². The minimum atomic E-state index is -0.709. The standard InChI is InChI=1S/C48H32N4O4/c53-47-41-29-30-43(56-40-27-23-38(24-28-40)52(35-17-9-3-10-18-35)36-19-11-4-12-20-36)50-45(41)46-44(48(47)54)42(31-32-49-46)55-39-25-21-37(22-26-39)51(33-13-5-1-6-14-33)34-15-7-2-8-16-34/h1-32H. The molecule has 0 unspecified atom stereocenters. The molecule has 56 heavy (non-hydrogen) atoms. The summed E-state index contributed by atoms with van der Waals surface area (Å²) >= 11 is 0. The zero-order valence-corrected chi connectivity index (χ0v) is 29.9. The van der Waals surface area contributed by atoms with Gasteiger partial charge < -0.3 is 19.3 Å². The van der Waals surface area contributed by atoms with Gasteiger partial charge in [0.1, 0.15) is 28.6 Å². The molecule has 0 saturated heterocycles. The van der Waals surface area contributed by atoms with Gasteiger partial charge in [0.15, 0.2) is 0 Å². The number of para-hydroxylation sites is 4. The third kappa shape index (κ3) is 6.63. The van der Waals surface area contributed by atoms with Crippen LogP contribution in [0.4, 0.5) is 34.1 Å². The number of Topliss-reactive ketones (excluding diaryl/α,β-unsaturated/α-hetero) is 2. The fourth-order valence-electron chi connectivity index (χ4n) is 6.80. The molecule has 9 rings (SSSR count). The lowest BCUT2D eigenvalue weighted by Gasteiger charge is -2.25. The van der Waals surface area contributed by atoms with Crippen LogP contribution in [0.1, 0.15) is 20.7 Å². The summed E-state index contributed by atoms with van der Waals surface area (Å²) in [5.41, 5.74) is 6.63. The molecule has 0 amide bonds. The smallest absolute Gasteiger partial charge is 0.239 e. The topological polar surface area (TPSA) is 84.9 Å². The molecule has 0 spiro atoms. The predicted octanol–water partition coefficient (Wildman–Crippen LogP) is 12.0. The van der Waals surface area contributed by atoms with Gasteiger partial charge >= 0.3 is 0 Å². The number of ether oxygens (including phenoxy) is 2. The molecule has 1 aliphatic rings. The molecule has 0 radical (unpaired) electrons. The molecule has 0 fully saturated rings. The summed E-state index contributed by atoms with van der Waals surface area (Å²) < 4.78 is 12.5. The van der Waals surface area contributed by atoms with Crippen LogP contribution in [-0.2, 0) is 0 Å². The highest BCUT2D eigenvalue weighted by atomic mass is 16.5. The average molecular weight is 729 g/mol. The van der Waals surface area contributed by atoms with E-state index in [0.29, 0.717) is 11.5 Å². The number of fused-ring (bicyclic) bond motifs is 3. The molecule has 0 N–H and O–H groups in total. The number of nitrogens with zero attached hydrogens (tertiary/aromatic N) is 4. The Balaban J connectivity index is 0.985. The molecule has 8 aromatic rings. The van der Waals surface area contributed by atoms with Crippen molar-refractivity contribution in [1.82, 2.24) is 9.97 Å². The lowest BCUT2D eigenvalue weighted by atomic mass is 9.90.